The van der Waals surface area contributed by atoms with Gasteiger partial charge in [0.25, 0.3) is 0 Å². The van der Waals surface area contributed by atoms with E-state index in [4.69, 9.17) is 0 Å². The quantitative estimate of drug-likeness (QED) is 0.438. The van der Waals surface area contributed by atoms with Gasteiger partial charge in [0.05, 0.1) is 11.5 Å². The molecular weight excluding hydrogens is 425 g/mol. The minimum Gasteiger partial charge on any atom is -0.360 e. The summed E-state index contributed by atoms with van der Waals surface area (Å²) >= 11 is 1.80. The van der Waals surface area contributed by atoms with Gasteiger partial charge in [0.1, 0.15) is 12.2 Å². The van der Waals surface area contributed by atoms with E-state index in [1.165, 1.54) is 5.00 Å². The Morgan fingerprint density at radius 3 is 2.70 bits per heavy atom. The van der Waals surface area contributed by atoms with Crippen molar-refractivity contribution in [3.8, 4) is 0 Å². The summed E-state index contributed by atoms with van der Waals surface area (Å²) in [5.74, 6) is 1.83. The van der Waals surface area contributed by atoms with E-state index in [0.29, 0.717) is 6.54 Å². The molecule has 3 heterocycles. The van der Waals surface area contributed by atoms with Crippen LogP contribution in [0.15, 0.2) is 28.8 Å². The topological polar surface area (TPSA) is 61.6 Å². The molecule has 0 atom stereocenters. The lowest BCUT2D eigenvalue weighted by Crippen LogP contribution is -2.52. The summed E-state index contributed by atoms with van der Waals surface area (Å²) in [6.07, 6.45) is 1.57. The summed E-state index contributed by atoms with van der Waals surface area (Å²) in [7, 11) is 3.72. The Bertz CT molecular complexity index is 617. The van der Waals surface area contributed by atoms with E-state index in [0.717, 1.165) is 38.0 Å². The number of piperazine rings is 1. The van der Waals surface area contributed by atoms with Crippen LogP contribution >= 0.6 is 35.3 Å². The number of nitrogens with zero attached hydrogens (tertiary/aromatic N) is 6. The lowest BCUT2D eigenvalue weighted by atomic mass is 10.3. The molecule has 2 aromatic rings. The van der Waals surface area contributed by atoms with Gasteiger partial charge in [0, 0.05) is 40.3 Å². The molecule has 126 valence electrons. The summed E-state index contributed by atoms with van der Waals surface area (Å²) in [6, 6.07) is 4.29. The van der Waals surface area contributed by atoms with E-state index in [-0.39, 0.29) is 24.0 Å². The highest BCUT2D eigenvalue weighted by Crippen LogP contribution is 2.22. The number of aryl methyl sites for hydroxylation is 1. The van der Waals surface area contributed by atoms with Crippen molar-refractivity contribution < 1.29 is 0 Å². The van der Waals surface area contributed by atoms with E-state index in [9.17, 15) is 0 Å². The summed E-state index contributed by atoms with van der Waals surface area (Å²) in [4.78, 5) is 13.3. The largest absolute Gasteiger partial charge is 0.360 e. The molecule has 0 amide bonds. The van der Waals surface area contributed by atoms with E-state index < -0.39 is 0 Å². The lowest BCUT2D eigenvalue weighted by Gasteiger charge is -2.36. The maximum Gasteiger partial charge on any atom is 0.194 e. The highest BCUT2D eigenvalue weighted by atomic mass is 127. The monoisotopic (exact) mass is 447 g/mol. The molecule has 0 saturated carbocycles. The molecule has 7 nitrogen and oxygen atoms in total. The highest BCUT2D eigenvalue weighted by Gasteiger charge is 2.20. The maximum atomic E-state index is 4.39. The van der Waals surface area contributed by atoms with Gasteiger partial charge in [-0.05, 0) is 17.5 Å². The first-order valence-electron chi connectivity index (χ1n) is 7.35. The molecule has 2 aromatic heterocycles. The Morgan fingerprint density at radius 2 is 2.13 bits per heavy atom. The molecule has 0 radical (unpaired) electrons. The van der Waals surface area contributed by atoms with Crippen LogP contribution in [0.1, 0.15) is 5.82 Å². The second-order valence-electron chi connectivity index (χ2n) is 5.13. The number of halogens is 1. The van der Waals surface area contributed by atoms with Gasteiger partial charge in [-0.3, -0.25) is 9.67 Å². The molecule has 9 heteroatoms. The minimum absolute atomic E-state index is 0. The lowest BCUT2D eigenvalue weighted by molar-refractivity contribution is 0.372. The second-order valence-corrected chi connectivity index (χ2v) is 6.05. The Hall–Kier alpha value is -1.36. The fourth-order valence-corrected chi connectivity index (χ4v) is 3.34. The fraction of sp³-hybridized carbons (Fsp3) is 0.500. The predicted octanol–water partition coefficient (Wildman–Crippen LogP) is 1.39. The predicted molar refractivity (Wildman–Crippen MR) is 105 cm³/mol. The van der Waals surface area contributed by atoms with E-state index in [1.54, 1.807) is 22.3 Å². The first kappa shape index (κ1) is 18.0. The molecule has 23 heavy (non-hydrogen) atoms. The Morgan fingerprint density at radius 1 is 1.35 bits per heavy atom. The molecule has 0 bridgehead atoms. The summed E-state index contributed by atoms with van der Waals surface area (Å²) in [5, 5.41) is 10.9. The Balaban J connectivity index is 0.00000192. The third-order valence-corrected chi connectivity index (χ3v) is 4.75. The number of anilines is 1. The summed E-state index contributed by atoms with van der Waals surface area (Å²) in [5.41, 5.74) is 0. The van der Waals surface area contributed by atoms with Gasteiger partial charge in [0.15, 0.2) is 5.96 Å². The first-order chi connectivity index (χ1) is 10.8. The third kappa shape index (κ3) is 4.34. The van der Waals surface area contributed by atoms with Gasteiger partial charge in [-0.25, -0.2) is 4.98 Å². The number of guanidine groups is 1. The van der Waals surface area contributed by atoms with Crippen LogP contribution in [0.4, 0.5) is 5.00 Å². The molecule has 3 rings (SSSR count). The molecule has 1 fully saturated rings. The molecule has 0 aliphatic carbocycles. The average Bonchev–Trinajstić information content (AvgIpc) is 3.21. The first-order valence-corrected chi connectivity index (χ1v) is 8.23. The van der Waals surface area contributed by atoms with E-state index in [1.807, 2.05) is 14.1 Å². The van der Waals surface area contributed by atoms with Crippen LogP contribution in [-0.2, 0) is 13.6 Å². The molecule has 1 aliphatic rings. The second kappa shape index (κ2) is 8.48. The smallest absolute Gasteiger partial charge is 0.194 e. The van der Waals surface area contributed by atoms with Crippen molar-refractivity contribution in [3.05, 3.63) is 29.7 Å². The van der Waals surface area contributed by atoms with Gasteiger partial charge in [-0.15, -0.1) is 35.3 Å². The zero-order valence-electron chi connectivity index (χ0n) is 13.3. The standard InChI is InChI=1S/C14H21N7S.HI/c1-15-14(16-10-12-17-11-18-19(12)2)21-7-5-20(6-8-21)13-4-3-9-22-13;/h3-4,9,11H,5-8,10H2,1-2H3,(H,15,16);1H. The van der Waals surface area contributed by atoms with Crippen LogP contribution in [0, 0.1) is 0 Å². The van der Waals surface area contributed by atoms with Gasteiger partial charge in [0.2, 0.25) is 0 Å². The van der Waals surface area contributed by atoms with Crippen molar-refractivity contribution in [2.45, 2.75) is 6.54 Å². The molecule has 0 unspecified atom stereocenters. The number of thiophene rings is 1. The number of nitrogens with one attached hydrogen (secondary N) is 1. The van der Waals surface area contributed by atoms with Crippen molar-refractivity contribution >= 4 is 46.3 Å². The number of hydrogen-bond donors (Lipinski definition) is 1. The van der Waals surface area contributed by atoms with Gasteiger partial charge in [-0.2, -0.15) is 5.10 Å². The number of hydrogen-bond acceptors (Lipinski definition) is 5. The van der Waals surface area contributed by atoms with Crippen LogP contribution in [0.5, 0.6) is 0 Å². The van der Waals surface area contributed by atoms with Gasteiger partial charge in [-0.1, -0.05) is 0 Å². The van der Waals surface area contributed by atoms with Crippen molar-refractivity contribution in [1.82, 2.24) is 25.0 Å². The Labute approximate surface area is 157 Å². The maximum absolute atomic E-state index is 4.39. The number of aromatic nitrogens is 3. The van der Waals surface area contributed by atoms with Crippen LogP contribution in [0.25, 0.3) is 0 Å². The minimum atomic E-state index is 0. The average molecular weight is 447 g/mol. The SMILES string of the molecule is CN=C(NCc1ncnn1C)N1CCN(c2cccs2)CC1.I. The normalized spacial score (nSPS) is 15.5. The zero-order valence-corrected chi connectivity index (χ0v) is 16.5. The Kier molecular flexibility index (Phi) is 6.63. The van der Waals surface area contributed by atoms with Crippen LogP contribution < -0.4 is 10.2 Å². The van der Waals surface area contributed by atoms with Crippen LogP contribution in [0.3, 0.4) is 0 Å². The van der Waals surface area contributed by atoms with E-state index in [2.05, 4.69) is 47.7 Å². The van der Waals surface area contributed by atoms with E-state index >= 15 is 0 Å². The number of aliphatic imine (C=N–C) groups is 1. The van der Waals surface area contributed by atoms with Gasteiger partial charge < -0.3 is 15.1 Å². The molecule has 0 spiro atoms. The third-order valence-electron chi connectivity index (χ3n) is 3.82. The van der Waals surface area contributed by atoms with Crippen LogP contribution in [-0.4, -0.2) is 58.9 Å². The van der Waals surface area contributed by atoms with Gasteiger partial charge >= 0.3 is 0 Å². The summed E-state index contributed by atoms with van der Waals surface area (Å²) in [6.45, 7) is 4.61. The zero-order chi connectivity index (χ0) is 15.4. The van der Waals surface area contributed by atoms with Crippen molar-refractivity contribution in [3.63, 3.8) is 0 Å². The number of rotatable bonds is 3. The van der Waals surface area contributed by atoms with Crippen LogP contribution in [0.2, 0.25) is 0 Å². The molecule has 1 saturated heterocycles. The molecule has 1 aliphatic heterocycles. The molecule has 1 N–H and O–H groups in total. The molecule has 0 aromatic carbocycles. The van der Waals surface area contributed by atoms with Crippen molar-refractivity contribution in [2.75, 3.05) is 38.1 Å². The molecular formula is C14H22IN7S. The highest BCUT2D eigenvalue weighted by molar-refractivity contribution is 14.0. The summed E-state index contributed by atoms with van der Waals surface area (Å²) < 4.78 is 1.77. The van der Waals surface area contributed by atoms with Crippen molar-refractivity contribution in [2.24, 2.45) is 12.0 Å². The van der Waals surface area contributed by atoms with Crippen molar-refractivity contribution in [1.29, 1.82) is 0 Å². The fourth-order valence-electron chi connectivity index (χ4n) is 2.56.